The molecule has 1 N–H and O–H groups in total. The Labute approximate surface area is 154 Å². The third-order valence-corrected chi connectivity index (χ3v) is 4.89. The molecule has 1 atom stereocenters. The summed E-state index contributed by atoms with van der Waals surface area (Å²) in [5.41, 5.74) is 1.26. The number of nitrogens with one attached hydrogen (secondary N) is 1. The van der Waals surface area contributed by atoms with Crippen molar-refractivity contribution in [2.24, 2.45) is 0 Å². The van der Waals surface area contributed by atoms with Crippen molar-refractivity contribution in [2.45, 2.75) is 26.1 Å². The van der Waals surface area contributed by atoms with Gasteiger partial charge in [-0.3, -0.25) is 4.90 Å². The molecule has 1 aliphatic heterocycles. The molecule has 1 aromatic carbocycles. The van der Waals surface area contributed by atoms with Crippen LogP contribution in [0.1, 0.15) is 17.4 Å². The predicted octanol–water partition coefficient (Wildman–Crippen LogP) is 3.55. The molecule has 0 spiro atoms. The molecule has 1 aromatic heterocycles. The van der Waals surface area contributed by atoms with Crippen molar-refractivity contribution >= 4 is 23.7 Å². The maximum Gasteiger partial charge on any atom is 0.161 e. The molecular weight excluding hydrogens is 344 g/mol. The lowest BCUT2D eigenvalue weighted by atomic mass is 10.1. The number of methoxy groups -OCH3 is 1. The van der Waals surface area contributed by atoms with Crippen molar-refractivity contribution in [2.75, 3.05) is 26.7 Å². The lowest BCUT2D eigenvalue weighted by Gasteiger charge is -2.31. The molecule has 0 radical (unpaired) electrons. The summed E-state index contributed by atoms with van der Waals surface area (Å²) in [6.45, 7) is 6.99. The van der Waals surface area contributed by atoms with Crippen molar-refractivity contribution in [1.82, 2.24) is 10.2 Å². The van der Waals surface area contributed by atoms with Crippen LogP contribution in [0.3, 0.4) is 0 Å². The molecule has 132 valence electrons. The van der Waals surface area contributed by atoms with E-state index in [2.05, 4.69) is 40.7 Å². The van der Waals surface area contributed by atoms with Gasteiger partial charge in [0.1, 0.15) is 6.61 Å². The number of piperazine rings is 1. The molecular formula is C18H25ClN2O2S. The monoisotopic (exact) mass is 368 g/mol. The van der Waals surface area contributed by atoms with Crippen LogP contribution in [0.15, 0.2) is 35.7 Å². The zero-order valence-electron chi connectivity index (χ0n) is 14.2. The molecule has 2 aromatic rings. The Morgan fingerprint density at radius 1 is 1.29 bits per heavy atom. The molecule has 1 fully saturated rings. The van der Waals surface area contributed by atoms with Crippen LogP contribution in [-0.2, 0) is 13.2 Å². The number of thiophene rings is 1. The maximum atomic E-state index is 5.90. The highest BCUT2D eigenvalue weighted by atomic mass is 35.5. The lowest BCUT2D eigenvalue weighted by Crippen LogP contribution is -2.48. The Kier molecular flexibility index (Phi) is 7.37. The number of halogens is 1. The molecule has 0 amide bonds. The van der Waals surface area contributed by atoms with Crippen molar-refractivity contribution in [3.63, 3.8) is 0 Å². The Morgan fingerprint density at radius 2 is 2.17 bits per heavy atom. The summed E-state index contributed by atoms with van der Waals surface area (Å²) in [6, 6.07) is 10.9. The van der Waals surface area contributed by atoms with E-state index in [0.717, 1.165) is 37.7 Å². The fraction of sp³-hybridized carbons (Fsp3) is 0.444. The first-order chi connectivity index (χ1) is 11.2. The highest BCUT2D eigenvalue weighted by Gasteiger charge is 2.16. The molecule has 0 saturated carbocycles. The molecule has 6 heteroatoms. The zero-order valence-corrected chi connectivity index (χ0v) is 15.8. The van der Waals surface area contributed by atoms with E-state index in [4.69, 9.17) is 9.47 Å². The lowest BCUT2D eigenvalue weighted by molar-refractivity contribution is 0.199. The van der Waals surface area contributed by atoms with Gasteiger partial charge < -0.3 is 14.8 Å². The van der Waals surface area contributed by atoms with Gasteiger partial charge in [-0.1, -0.05) is 12.1 Å². The summed E-state index contributed by atoms with van der Waals surface area (Å²) < 4.78 is 11.4. The third kappa shape index (κ3) is 5.11. The van der Waals surface area contributed by atoms with Crippen LogP contribution in [0.2, 0.25) is 0 Å². The average Bonchev–Trinajstić information content (AvgIpc) is 3.07. The van der Waals surface area contributed by atoms with Gasteiger partial charge in [-0.2, -0.15) is 0 Å². The van der Waals surface area contributed by atoms with Gasteiger partial charge in [0.25, 0.3) is 0 Å². The fourth-order valence-electron chi connectivity index (χ4n) is 2.89. The molecule has 1 saturated heterocycles. The van der Waals surface area contributed by atoms with Crippen molar-refractivity contribution < 1.29 is 9.47 Å². The quantitative estimate of drug-likeness (QED) is 0.845. The number of ether oxygens (including phenoxy) is 2. The Hall–Kier alpha value is -1.27. The van der Waals surface area contributed by atoms with Crippen molar-refractivity contribution in [3.8, 4) is 11.5 Å². The number of hydrogen-bond acceptors (Lipinski definition) is 5. The van der Waals surface area contributed by atoms with Crippen LogP contribution in [0.4, 0.5) is 0 Å². The molecule has 1 aliphatic rings. The Balaban J connectivity index is 0.00000208. The highest BCUT2D eigenvalue weighted by Crippen LogP contribution is 2.29. The standard InChI is InChI=1S/C18H24N2O2S.ClH/c1-14-11-20(8-7-19-14)12-15-5-6-17(18(10-15)21-2)22-13-16-4-3-9-23-16;/h3-6,9-10,14,19H,7-8,11-13H2,1-2H3;1H. The summed E-state index contributed by atoms with van der Waals surface area (Å²) >= 11 is 1.70. The summed E-state index contributed by atoms with van der Waals surface area (Å²) in [5.74, 6) is 1.61. The number of hydrogen-bond donors (Lipinski definition) is 1. The van der Waals surface area contributed by atoms with Crippen LogP contribution in [0.25, 0.3) is 0 Å². The van der Waals surface area contributed by atoms with Gasteiger partial charge in [-0.25, -0.2) is 0 Å². The van der Waals surface area contributed by atoms with Gasteiger partial charge in [0.05, 0.1) is 7.11 Å². The Bertz CT molecular complexity index is 621. The summed E-state index contributed by atoms with van der Waals surface area (Å²) in [5, 5.41) is 5.54. The molecule has 4 nitrogen and oxygen atoms in total. The number of benzene rings is 1. The number of nitrogens with zero attached hydrogens (tertiary/aromatic N) is 1. The minimum atomic E-state index is 0. The zero-order chi connectivity index (χ0) is 16.1. The van der Waals surface area contributed by atoms with E-state index in [1.54, 1.807) is 18.4 Å². The van der Waals surface area contributed by atoms with E-state index in [-0.39, 0.29) is 12.4 Å². The average molecular weight is 369 g/mol. The maximum absolute atomic E-state index is 5.90. The van der Waals surface area contributed by atoms with E-state index >= 15 is 0 Å². The van der Waals surface area contributed by atoms with Gasteiger partial charge in [0, 0.05) is 37.1 Å². The normalized spacial score (nSPS) is 18.0. The second kappa shape index (κ2) is 9.28. The van der Waals surface area contributed by atoms with Gasteiger partial charge in [-0.15, -0.1) is 23.7 Å². The molecule has 24 heavy (non-hydrogen) atoms. The van der Waals surface area contributed by atoms with E-state index < -0.39 is 0 Å². The van der Waals surface area contributed by atoms with Crippen LogP contribution >= 0.6 is 23.7 Å². The van der Waals surface area contributed by atoms with E-state index in [1.165, 1.54) is 10.4 Å². The Morgan fingerprint density at radius 3 is 2.88 bits per heavy atom. The molecule has 0 aliphatic carbocycles. The first-order valence-corrected chi connectivity index (χ1v) is 8.90. The minimum Gasteiger partial charge on any atom is -0.493 e. The van der Waals surface area contributed by atoms with Gasteiger partial charge >= 0.3 is 0 Å². The third-order valence-electron chi connectivity index (χ3n) is 4.04. The predicted molar refractivity (Wildman–Crippen MR) is 102 cm³/mol. The van der Waals surface area contributed by atoms with Crippen molar-refractivity contribution in [3.05, 3.63) is 46.2 Å². The smallest absolute Gasteiger partial charge is 0.161 e. The van der Waals surface area contributed by atoms with Crippen LogP contribution in [-0.4, -0.2) is 37.7 Å². The first-order valence-electron chi connectivity index (χ1n) is 8.02. The van der Waals surface area contributed by atoms with Crippen LogP contribution in [0, 0.1) is 0 Å². The summed E-state index contributed by atoms with van der Waals surface area (Å²) in [4.78, 5) is 3.69. The number of rotatable bonds is 6. The van der Waals surface area contributed by atoms with Gasteiger partial charge in [-0.05, 0) is 36.1 Å². The van der Waals surface area contributed by atoms with Crippen LogP contribution in [0.5, 0.6) is 11.5 Å². The fourth-order valence-corrected chi connectivity index (χ4v) is 3.50. The van der Waals surface area contributed by atoms with Crippen LogP contribution < -0.4 is 14.8 Å². The van der Waals surface area contributed by atoms with Gasteiger partial charge in [0.2, 0.25) is 0 Å². The largest absolute Gasteiger partial charge is 0.493 e. The first kappa shape index (κ1) is 19.1. The van der Waals surface area contributed by atoms with E-state index in [0.29, 0.717) is 12.6 Å². The van der Waals surface area contributed by atoms with E-state index in [1.807, 2.05) is 12.1 Å². The molecule has 1 unspecified atom stereocenters. The topological polar surface area (TPSA) is 33.7 Å². The second-order valence-electron chi connectivity index (χ2n) is 5.94. The molecule has 0 bridgehead atoms. The minimum absolute atomic E-state index is 0. The van der Waals surface area contributed by atoms with Gasteiger partial charge in [0.15, 0.2) is 11.5 Å². The SMILES string of the molecule is COc1cc(CN2CCNC(C)C2)ccc1OCc1cccs1.Cl. The molecule has 3 rings (SSSR count). The van der Waals surface area contributed by atoms with Crippen molar-refractivity contribution in [1.29, 1.82) is 0 Å². The summed E-state index contributed by atoms with van der Waals surface area (Å²) in [6.07, 6.45) is 0. The van der Waals surface area contributed by atoms with E-state index in [9.17, 15) is 0 Å². The summed E-state index contributed by atoms with van der Waals surface area (Å²) in [7, 11) is 1.70. The highest BCUT2D eigenvalue weighted by molar-refractivity contribution is 7.09. The second-order valence-corrected chi connectivity index (χ2v) is 6.98. The molecule has 2 heterocycles.